The highest BCUT2D eigenvalue weighted by Crippen LogP contribution is 2.23. The van der Waals surface area contributed by atoms with E-state index in [0.29, 0.717) is 22.7 Å². The number of ether oxygens (including phenoxy) is 3. The van der Waals surface area contributed by atoms with Crippen LogP contribution in [0.4, 0.5) is 10.5 Å². The summed E-state index contributed by atoms with van der Waals surface area (Å²) in [6.07, 6.45) is 1.48. The molecule has 4 amide bonds. The molecule has 10 heteroatoms. The van der Waals surface area contributed by atoms with Crippen molar-refractivity contribution in [2.24, 2.45) is 0 Å². The number of para-hydroxylation sites is 2. The summed E-state index contributed by atoms with van der Waals surface area (Å²) >= 11 is 0. The number of hydrogen-bond donors (Lipinski definition) is 2. The molecule has 1 fully saturated rings. The van der Waals surface area contributed by atoms with Crippen molar-refractivity contribution >= 4 is 35.6 Å². The third kappa shape index (κ3) is 6.10. The molecule has 0 spiro atoms. The zero-order valence-electron chi connectivity index (χ0n) is 18.1. The molecule has 0 atom stereocenters. The van der Waals surface area contributed by atoms with Gasteiger partial charge in [0, 0.05) is 0 Å². The monoisotopic (exact) mass is 453 g/mol. The molecule has 2 N–H and O–H groups in total. The molecule has 1 aliphatic heterocycles. The van der Waals surface area contributed by atoms with Gasteiger partial charge in [-0.1, -0.05) is 24.3 Å². The van der Waals surface area contributed by atoms with E-state index in [4.69, 9.17) is 14.2 Å². The molecular weight excluding hydrogens is 430 g/mol. The minimum absolute atomic E-state index is 0.0327. The second-order valence-electron chi connectivity index (χ2n) is 6.79. The van der Waals surface area contributed by atoms with Crippen LogP contribution in [-0.2, 0) is 19.1 Å². The summed E-state index contributed by atoms with van der Waals surface area (Å²) in [4.78, 5) is 49.4. The van der Waals surface area contributed by atoms with E-state index in [1.807, 2.05) is 0 Å². The molecule has 1 heterocycles. The van der Waals surface area contributed by atoms with E-state index in [0.717, 1.165) is 4.90 Å². The molecule has 1 saturated heterocycles. The Morgan fingerprint density at radius 2 is 1.82 bits per heavy atom. The second-order valence-corrected chi connectivity index (χ2v) is 6.79. The first-order valence-electron chi connectivity index (χ1n) is 10.1. The zero-order valence-corrected chi connectivity index (χ0v) is 18.1. The van der Waals surface area contributed by atoms with E-state index in [-0.39, 0.29) is 18.9 Å². The van der Waals surface area contributed by atoms with Crippen LogP contribution in [0.25, 0.3) is 6.08 Å². The molecular formula is C23H23N3O7. The van der Waals surface area contributed by atoms with Gasteiger partial charge in [-0.3, -0.25) is 9.59 Å². The second kappa shape index (κ2) is 10.8. The van der Waals surface area contributed by atoms with E-state index in [9.17, 15) is 19.2 Å². The molecule has 2 aromatic carbocycles. The molecule has 33 heavy (non-hydrogen) atoms. The van der Waals surface area contributed by atoms with Gasteiger partial charge in [-0.25, -0.2) is 14.5 Å². The summed E-state index contributed by atoms with van der Waals surface area (Å²) in [5.74, 6) is -0.747. The number of carbonyl (C=O) groups excluding carboxylic acids is 4. The standard InChI is InChI=1S/C23H23N3O7/c1-3-32-21(28)14-33-16-10-8-15(9-11-16)12-18-22(29)26(23(30)25-18)13-20(27)24-17-6-4-5-7-19(17)31-2/h4-12H,3,13-14H2,1-2H3,(H,24,27)(H,25,30)/b18-12+. The first-order chi connectivity index (χ1) is 15.9. The maximum Gasteiger partial charge on any atom is 0.344 e. The molecule has 172 valence electrons. The van der Waals surface area contributed by atoms with Crippen LogP contribution < -0.4 is 20.1 Å². The number of hydrogen-bond acceptors (Lipinski definition) is 7. The molecule has 10 nitrogen and oxygen atoms in total. The summed E-state index contributed by atoms with van der Waals surface area (Å²) < 4.78 is 15.3. The highest BCUT2D eigenvalue weighted by molar-refractivity contribution is 6.16. The number of nitrogens with one attached hydrogen (secondary N) is 2. The van der Waals surface area contributed by atoms with Gasteiger partial charge in [0.05, 0.1) is 19.4 Å². The SMILES string of the molecule is CCOC(=O)COc1ccc(/C=C2/NC(=O)N(CC(=O)Nc3ccccc3OC)C2=O)cc1. The molecule has 0 bridgehead atoms. The van der Waals surface area contributed by atoms with Crippen LogP contribution in [0.3, 0.4) is 0 Å². The summed E-state index contributed by atoms with van der Waals surface area (Å²) in [5, 5.41) is 5.09. The van der Waals surface area contributed by atoms with Crippen molar-refractivity contribution in [3.05, 3.63) is 59.8 Å². The van der Waals surface area contributed by atoms with Gasteiger partial charge in [0.15, 0.2) is 6.61 Å². The third-order valence-corrected chi connectivity index (χ3v) is 4.50. The van der Waals surface area contributed by atoms with Crippen molar-refractivity contribution in [1.29, 1.82) is 0 Å². The minimum Gasteiger partial charge on any atom is -0.495 e. The van der Waals surface area contributed by atoms with Gasteiger partial charge >= 0.3 is 12.0 Å². The molecule has 2 aromatic rings. The number of methoxy groups -OCH3 is 1. The number of imide groups is 1. The van der Waals surface area contributed by atoms with E-state index in [2.05, 4.69) is 10.6 Å². The van der Waals surface area contributed by atoms with Crippen molar-refractivity contribution in [2.75, 3.05) is 32.2 Å². The summed E-state index contributed by atoms with van der Waals surface area (Å²) in [5.41, 5.74) is 1.07. The Morgan fingerprint density at radius 3 is 2.52 bits per heavy atom. The number of benzene rings is 2. The van der Waals surface area contributed by atoms with Crippen LogP contribution in [0.5, 0.6) is 11.5 Å². The molecule has 1 aliphatic rings. The predicted molar refractivity (Wildman–Crippen MR) is 118 cm³/mol. The largest absolute Gasteiger partial charge is 0.495 e. The van der Waals surface area contributed by atoms with Crippen molar-refractivity contribution < 1.29 is 33.4 Å². The summed E-state index contributed by atoms with van der Waals surface area (Å²) in [6.45, 7) is 1.31. The highest BCUT2D eigenvalue weighted by atomic mass is 16.6. The fourth-order valence-corrected chi connectivity index (χ4v) is 2.97. The number of carbonyl (C=O) groups is 4. The lowest BCUT2D eigenvalue weighted by Crippen LogP contribution is -2.38. The van der Waals surface area contributed by atoms with E-state index >= 15 is 0 Å². The van der Waals surface area contributed by atoms with Crippen LogP contribution in [0.15, 0.2) is 54.2 Å². The average Bonchev–Trinajstić information content (AvgIpc) is 3.06. The van der Waals surface area contributed by atoms with Crippen LogP contribution in [0, 0.1) is 0 Å². The number of nitrogens with zero attached hydrogens (tertiary/aromatic N) is 1. The number of anilines is 1. The van der Waals surface area contributed by atoms with E-state index < -0.39 is 30.4 Å². The first kappa shape index (κ1) is 23.3. The highest BCUT2D eigenvalue weighted by Gasteiger charge is 2.35. The van der Waals surface area contributed by atoms with Crippen molar-refractivity contribution in [3.8, 4) is 11.5 Å². The first-order valence-corrected chi connectivity index (χ1v) is 10.1. The lowest BCUT2D eigenvalue weighted by molar-refractivity contribution is -0.145. The molecule has 3 rings (SSSR count). The number of urea groups is 1. The number of amides is 4. The Balaban J connectivity index is 1.61. The Labute approximate surface area is 190 Å². The van der Waals surface area contributed by atoms with Crippen LogP contribution >= 0.6 is 0 Å². The minimum atomic E-state index is -0.698. The topological polar surface area (TPSA) is 123 Å². The lowest BCUT2D eigenvalue weighted by atomic mass is 10.2. The lowest BCUT2D eigenvalue weighted by Gasteiger charge is -2.13. The molecule has 0 unspecified atom stereocenters. The Bertz CT molecular complexity index is 1080. The van der Waals surface area contributed by atoms with Gasteiger partial charge in [-0.15, -0.1) is 0 Å². The van der Waals surface area contributed by atoms with Gasteiger partial charge in [0.2, 0.25) is 5.91 Å². The molecule has 0 aromatic heterocycles. The molecule has 0 radical (unpaired) electrons. The van der Waals surface area contributed by atoms with Crippen molar-refractivity contribution in [1.82, 2.24) is 10.2 Å². The van der Waals surface area contributed by atoms with Crippen molar-refractivity contribution in [3.63, 3.8) is 0 Å². The van der Waals surface area contributed by atoms with Crippen LogP contribution in [-0.4, -0.2) is 55.6 Å². The average molecular weight is 453 g/mol. The molecule has 0 saturated carbocycles. The zero-order chi connectivity index (χ0) is 23.8. The van der Waals surface area contributed by atoms with E-state index in [1.54, 1.807) is 55.5 Å². The summed E-state index contributed by atoms with van der Waals surface area (Å²) in [7, 11) is 1.47. The van der Waals surface area contributed by atoms with E-state index in [1.165, 1.54) is 13.2 Å². The van der Waals surface area contributed by atoms with Crippen molar-refractivity contribution in [2.45, 2.75) is 6.92 Å². The maximum absolute atomic E-state index is 12.6. The Hall–Kier alpha value is -4.34. The smallest absolute Gasteiger partial charge is 0.344 e. The normalized spacial score (nSPS) is 14.1. The van der Waals surface area contributed by atoms with Gasteiger partial charge in [0.1, 0.15) is 23.7 Å². The number of rotatable bonds is 9. The summed E-state index contributed by atoms with van der Waals surface area (Å²) in [6, 6.07) is 12.6. The fraction of sp³-hybridized carbons (Fsp3) is 0.217. The Morgan fingerprint density at radius 1 is 1.09 bits per heavy atom. The van der Waals surface area contributed by atoms with Gasteiger partial charge in [0.25, 0.3) is 5.91 Å². The maximum atomic E-state index is 12.6. The fourth-order valence-electron chi connectivity index (χ4n) is 2.97. The van der Waals surface area contributed by atoms with Gasteiger partial charge in [-0.05, 0) is 42.8 Å². The quantitative estimate of drug-likeness (QED) is 0.339. The predicted octanol–water partition coefficient (Wildman–Crippen LogP) is 2.17. The van der Waals surface area contributed by atoms with Gasteiger partial charge < -0.3 is 24.8 Å². The van der Waals surface area contributed by atoms with Crippen LogP contribution in [0.1, 0.15) is 12.5 Å². The third-order valence-electron chi connectivity index (χ3n) is 4.50. The van der Waals surface area contributed by atoms with Crippen LogP contribution in [0.2, 0.25) is 0 Å². The number of esters is 1. The Kier molecular flexibility index (Phi) is 7.64. The molecule has 0 aliphatic carbocycles. The van der Waals surface area contributed by atoms with Gasteiger partial charge in [-0.2, -0.15) is 0 Å².